The second-order valence-corrected chi connectivity index (χ2v) is 6.02. The summed E-state index contributed by atoms with van der Waals surface area (Å²) in [4.78, 5) is 25.2. The molecule has 1 heterocycles. The molecule has 1 aromatic rings. The summed E-state index contributed by atoms with van der Waals surface area (Å²) in [6, 6.07) is 9.49. The highest BCUT2D eigenvalue weighted by Crippen LogP contribution is 2.25. The first-order chi connectivity index (χ1) is 10.5. The molecule has 0 aromatic heterocycles. The number of carboxylic acids is 1. The van der Waals surface area contributed by atoms with Crippen molar-refractivity contribution in [1.29, 1.82) is 0 Å². The third-order valence-electron chi connectivity index (χ3n) is 4.23. The predicted molar refractivity (Wildman–Crippen MR) is 82.6 cm³/mol. The molecule has 1 N–H and O–H groups in total. The summed E-state index contributed by atoms with van der Waals surface area (Å²) in [6.07, 6.45) is 0.621. The summed E-state index contributed by atoms with van der Waals surface area (Å²) in [5, 5.41) is 9.13. The van der Waals surface area contributed by atoms with Crippen LogP contribution in [0.25, 0.3) is 0 Å². The van der Waals surface area contributed by atoms with Crippen LogP contribution < -0.4 is 4.74 Å². The van der Waals surface area contributed by atoms with Crippen molar-refractivity contribution in [1.82, 2.24) is 4.90 Å². The summed E-state index contributed by atoms with van der Waals surface area (Å²) in [5.41, 5.74) is 0. The van der Waals surface area contributed by atoms with Crippen molar-refractivity contribution in [3.05, 3.63) is 30.3 Å². The molecule has 5 nitrogen and oxygen atoms in total. The van der Waals surface area contributed by atoms with Crippen LogP contribution in [-0.4, -0.2) is 41.6 Å². The highest BCUT2D eigenvalue weighted by molar-refractivity contribution is 5.80. The molecule has 1 unspecified atom stereocenters. The number of aliphatic carboxylic acids is 1. The van der Waals surface area contributed by atoms with Crippen molar-refractivity contribution in [3.8, 4) is 5.75 Å². The minimum atomic E-state index is -0.817. The molecule has 22 heavy (non-hydrogen) atoms. The molecule has 0 saturated carbocycles. The van der Waals surface area contributed by atoms with Crippen LogP contribution >= 0.6 is 0 Å². The molecule has 0 bridgehead atoms. The van der Waals surface area contributed by atoms with E-state index in [0.29, 0.717) is 26.1 Å². The van der Waals surface area contributed by atoms with E-state index in [1.54, 1.807) is 4.90 Å². The van der Waals surface area contributed by atoms with Crippen LogP contribution in [0.3, 0.4) is 0 Å². The van der Waals surface area contributed by atoms with Crippen molar-refractivity contribution in [2.24, 2.45) is 17.8 Å². The number of benzene rings is 1. The van der Waals surface area contributed by atoms with E-state index in [1.807, 2.05) is 44.2 Å². The van der Waals surface area contributed by atoms with Gasteiger partial charge in [0.25, 0.3) is 0 Å². The van der Waals surface area contributed by atoms with Gasteiger partial charge in [-0.25, -0.2) is 0 Å². The molecule has 120 valence electrons. The number of ether oxygens (including phenoxy) is 1. The van der Waals surface area contributed by atoms with Gasteiger partial charge in [0, 0.05) is 19.0 Å². The Kier molecular flexibility index (Phi) is 5.41. The number of likely N-dealkylation sites (tertiary alicyclic amines) is 1. The topological polar surface area (TPSA) is 66.8 Å². The van der Waals surface area contributed by atoms with Crippen LogP contribution in [0.2, 0.25) is 0 Å². The van der Waals surface area contributed by atoms with Gasteiger partial charge < -0.3 is 14.7 Å². The number of carbonyl (C=O) groups excluding carboxylic acids is 1. The lowest BCUT2D eigenvalue weighted by molar-refractivity contribution is -0.142. The molecule has 1 aliphatic rings. The Labute approximate surface area is 130 Å². The number of nitrogens with zero attached hydrogens (tertiary/aromatic N) is 1. The third kappa shape index (κ3) is 4.00. The first-order valence-corrected chi connectivity index (χ1v) is 7.68. The van der Waals surface area contributed by atoms with Gasteiger partial charge in [0.2, 0.25) is 5.91 Å². The van der Waals surface area contributed by atoms with Crippen LogP contribution in [0.5, 0.6) is 5.75 Å². The summed E-state index contributed by atoms with van der Waals surface area (Å²) in [6.45, 7) is 5.08. The van der Waals surface area contributed by atoms with E-state index in [1.165, 1.54) is 0 Å². The quantitative estimate of drug-likeness (QED) is 0.875. The summed E-state index contributed by atoms with van der Waals surface area (Å²) >= 11 is 0. The van der Waals surface area contributed by atoms with E-state index in [2.05, 4.69) is 0 Å². The molecule has 0 spiro atoms. The molecular formula is C17H23NO4. The molecule has 0 radical (unpaired) electrons. The standard InChI is InChI=1S/C17H23NO4/c1-12(8-9-22-14-6-4-3-5-7-14)16(19)18-10-13(2)15(11-18)17(20)21/h3-7,12-13,15H,8-11H2,1-2H3,(H,20,21)/t12?,13-,15-/m1/s1. The molecular weight excluding hydrogens is 282 g/mol. The minimum absolute atomic E-state index is 0.00854. The number of para-hydroxylation sites is 1. The largest absolute Gasteiger partial charge is 0.494 e. The molecule has 1 aliphatic heterocycles. The highest BCUT2D eigenvalue weighted by atomic mass is 16.5. The van der Waals surface area contributed by atoms with Gasteiger partial charge in [-0.3, -0.25) is 9.59 Å². The normalized spacial score (nSPS) is 22.4. The average Bonchev–Trinajstić information content (AvgIpc) is 2.89. The van der Waals surface area contributed by atoms with Gasteiger partial charge >= 0.3 is 5.97 Å². The molecule has 5 heteroatoms. The maximum Gasteiger partial charge on any atom is 0.308 e. The lowest BCUT2D eigenvalue weighted by Gasteiger charge is -2.20. The Bertz CT molecular complexity index is 517. The number of carbonyl (C=O) groups is 2. The van der Waals surface area contributed by atoms with Crippen LogP contribution in [0.15, 0.2) is 30.3 Å². The molecule has 1 fully saturated rings. The van der Waals surface area contributed by atoms with Crippen molar-refractivity contribution in [3.63, 3.8) is 0 Å². The second-order valence-electron chi connectivity index (χ2n) is 6.02. The Morgan fingerprint density at radius 3 is 2.59 bits per heavy atom. The van der Waals surface area contributed by atoms with Crippen LogP contribution in [0, 0.1) is 17.8 Å². The number of hydrogen-bond acceptors (Lipinski definition) is 3. The van der Waals surface area contributed by atoms with E-state index in [4.69, 9.17) is 9.84 Å². The van der Waals surface area contributed by atoms with Gasteiger partial charge in [-0.05, 0) is 24.5 Å². The Morgan fingerprint density at radius 2 is 2.00 bits per heavy atom. The maximum absolute atomic E-state index is 12.4. The number of hydrogen-bond donors (Lipinski definition) is 1. The van der Waals surface area contributed by atoms with E-state index < -0.39 is 11.9 Å². The van der Waals surface area contributed by atoms with E-state index in [0.717, 1.165) is 5.75 Å². The molecule has 1 amide bonds. The van der Waals surface area contributed by atoms with Crippen molar-refractivity contribution in [2.45, 2.75) is 20.3 Å². The first-order valence-electron chi connectivity index (χ1n) is 7.68. The van der Waals surface area contributed by atoms with Gasteiger partial charge in [0.15, 0.2) is 0 Å². The van der Waals surface area contributed by atoms with Crippen molar-refractivity contribution >= 4 is 11.9 Å². The van der Waals surface area contributed by atoms with Crippen LogP contribution in [-0.2, 0) is 9.59 Å². The fraction of sp³-hybridized carbons (Fsp3) is 0.529. The van der Waals surface area contributed by atoms with Gasteiger partial charge in [-0.15, -0.1) is 0 Å². The fourth-order valence-electron chi connectivity index (χ4n) is 2.77. The zero-order chi connectivity index (χ0) is 16.1. The van der Waals surface area contributed by atoms with E-state index in [-0.39, 0.29) is 17.7 Å². The van der Waals surface area contributed by atoms with Crippen LogP contribution in [0.1, 0.15) is 20.3 Å². The van der Waals surface area contributed by atoms with Gasteiger partial charge in [-0.2, -0.15) is 0 Å². The molecule has 3 atom stereocenters. The predicted octanol–water partition coefficient (Wildman–Crippen LogP) is 2.27. The summed E-state index contributed by atoms with van der Waals surface area (Å²) in [5.74, 6) is -0.604. The van der Waals surface area contributed by atoms with Crippen molar-refractivity contribution in [2.75, 3.05) is 19.7 Å². The molecule has 1 saturated heterocycles. The smallest absolute Gasteiger partial charge is 0.308 e. The molecule has 1 aromatic carbocycles. The minimum Gasteiger partial charge on any atom is -0.494 e. The van der Waals surface area contributed by atoms with Gasteiger partial charge in [0.1, 0.15) is 5.75 Å². The summed E-state index contributed by atoms with van der Waals surface area (Å²) in [7, 11) is 0. The highest BCUT2D eigenvalue weighted by Gasteiger charge is 2.37. The zero-order valence-electron chi connectivity index (χ0n) is 13.1. The van der Waals surface area contributed by atoms with E-state index >= 15 is 0 Å². The SMILES string of the molecule is CC(CCOc1ccccc1)C(=O)N1C[C@@H](C)[C@H](C(=O)O)C1. The third-order valence-corrected chi connectivity index (χ3v) is 4.23. The number of rotatable bonds is 6. The van der Waals surface area contributed by atoms with Crippen LogP contribution in [0.4, 0.5) is 0 Å². The Balaban J connectivity index is 1.79. The maximum atomic E-state index is 12.4. The first kappa shape index (κ1) is 16.3. The van der Waals surface area contributed by atoms with Gasteiger partial charge in [-0.1, -0.05) is 32.0 Å². The fourth-order valence-corrected chi connectivity index (χ4v) is 2.77. The lowest BCUT2D eigenvalue weighted by atomic mass is 9.99. The second kappa shape index (κ2) is 7.29. The number of amides is 1. The molecule has 2 rings (SSSR count). The Morgan fingerprint density at radius 1 is 1.32 bits per heavy atom. The van der Waals surface area contributed by atoms with E-state index in [9.17, 15) is 9.59 Å². The Hall–Kier alpha value is -2.04. The monoisotopic (exact) mass is 305 g/mol. The lowest BCUT2D eigenvalue weighted by Crippen LogP contribution is -2.34. The van der Waals surface area contributed by atoms with Crippen molar-refractivity contribution < 1.29 is 19.4 Å². The summed E-state index contributed by atoms with van der Waals surface area (Å²) < 4.78 is 5.61. The molecule has 0 aliphatic carbocycles. The zero-order valence-corrected chi connectivity index (χ0v) is 13.1. The average molecular weight is 305 g/mol. The number of carboxylic acid groups (broad SMARTS) is 1. The van der Waals surface area contributed by atoms with Gasteiger partial charge in [0.05, 0.1) is 12.5 Å².